The van der Waals surface area contributed by atoms with E-state index in [0.29, 0.717) is 12.2 Å². The van der Waals surface area contributed by atoms with Gasteiger partial charge in [-0.25, -0.2) is 14.4 Å². The van der Waals surface area contributed by atoms with Gasteiger partial charge in [0.05, 0.1) is 11.7 Å². The van der Waals surface area contributed by atoms with E-state index in [1.54, 1.807) is 19.2 Å². The van der Waals surface area contributed by atoms with Gasteiger partial charge in [-0.05, 0) is 38.2 Å². The second-order valence-electron chi connectivity index (χ2n) is 4.50. The predicted molar refractivity (Wildman–Crippen MR) is 76.0 cm³/mol. The van der Waals surface area contributed by atoms with E-state index in [0.717, 1.165) is 16.8 Å². The molecule has 110 valence electrons. The summed E-state index contributed by atoms with van der Waals surface area (Å²) in [5.74, 6) is -0.305. The zero-order valence-electron chi connectivity index (χ0n) is 11.8. The van der Waals surface area contributed by atoms with E-state index in [4.69, 9.17) is 4.74 Å². The third-order valence-electron chi connectivity index (χ3n) is 3.23. The molecule has 0 spiro atoms. The lowest BCUT2D eigenvalue weighted by molar-refractivity contribution is -0.129. The summed E-state index contributed by atoms with van der Waals surface area (Å²) in [6, 6.07) is 5.85. The van der Waals surface area contributed by atoms with Gasteiger partial charge in [0, 0.05) is 16.8 Å². The van der Waals surface area contributed by atoms with Gasteiger partial charge >= 0.3 is 0 Å². The number of nitrogens with one attached hydrogen (secondary N) is 1. The van der Waals surface area contributed by atoms with Gasteiger partial charge in [0.1, 0.15) is 18.8 Å². The molecule has 1 aromatic heterocycles. The van der Waals surface area contributed by atoms with Gasteiger partial charge in [-0.15, -0.1) is 0 Å². The Kier molecular flexibility index (Phi) is 4.94. The number of carbonyl (C=O) groups is 1. The van der Waals surface area contributed by atoms with Crippen LogP contribution >= 0.6 is 0 Å². The summed E-state index contributed by atoms with van der Waals surface area (Å²) in [7, 11) is 1.76. The number of aryl methyl sites for hydroxylation is 1. The highest BCUT2D eigenvalue weighted by atomic mass is 19.1. The first kappa shape index (κ1) is 15.1. The molecule has 1 unspecified atom stereocenters. The van der Waals surface area contributed by atoms with E-state index in [9.17, 15) is 9.18 Å². The molecule has 0 radical (unpaired) electrons. The molecule has 0 bridgehead atoms. The van der Waals surface area contributed by atoms with E-state index in [2.05, 4.69) is 15.3 Å². The van der Waals surface area contributed by atoms with Crippen LogP contribution in [0.5, 0.6) is 0 Å². The Labute approximate surface area is 122 Å². The largest absolute Gasteiger partial charge is 0.466 e. The summed E-state index contributed by atoms with van der Waals surface area (Å²) in [6.45, 7) is 2.43. The van der Waals surface area contributed by atoms with Gasteiger partial charge in [-0.3, -0.25) is 4.79 Å². The van der Waals surface area contributed by atoms with Crippen LogP contribution in [0.15, 0.2) is 30.6 Å². The first-order valence-corrected chi connectivity index (χ1v) is 6.47. The minimum absolute atomic E-state index is 0.169. The molecule has 2 aromatic rings. The third kappa shape index (κ3) is 3.41. The molecule has 0 aliphatic rings. The Morgan fingerprint density at radius 2 is 2.05 bits per heavy atom. The van der Waals surface area contributed by atoms with Crippen LogP contribution in [0.25, 0.3) is 11.3 Å². The average Bonchev–Trinajstić information content (AvgIpc) is 2.50. The van der Waals surface area contributed by atoms with Crippen molar-refractivity contribution >= 4 is 6.47 Å². The quantitative estimate of drug-likeness (QED) is 0.824. The number of aromatic nitrogens is 2. The topological polar surface area (TPSA) is 64.1 Å². The first-order chi connectivity index (χ1) is 10.2. The molecule has 21 heavy (non-hydrogen) atoms. The molecule has 0 saturated heterocycles. The highest BCUT2D eigenvalue weighted by molar-refractivity contribution is 5.64. The molecule has 0 aliphatic carbocycles. The summed E-state index contributed by atoms with van der Waals surface area (Å²) in [5.41, 5.74) is 3.08. The van der Waals surface area contributed by atoms with Crippen molar-refractivity contribution in [3.63, 3.8) is 0 Å². The summed E-state index contributed by atoms with van der Waals surface area (Å²) < 4.78 is 17.9. The Bertz CT molecular complexity index is 617. The molecule has 6 heteroatoms. The van der Waals surface area contributed by atoms with Crippen molar-refractivity contribution in [1.29, 1.82) is 0 Å². The van der Waals surface area contributed by atoms with Crippen molar-refractivity contribution in [3.05, 3.63) is 47.7 Å². The first-order valence-electron chi connectivity index (χ1n) is 6.47. The molecule has 0 fully saturated rings. The maximum absolute atomic E-state index is 13.1. The normalized spacial score (nSPS) is 12.0. The van der Waals surface area contributed by atoms with E-state index in [1.165, 1.54) is 18.5 Å². The molecule has 1 atom stereocenters. The highest BCUT2D eigenvalue weighted by Gasteiger charge is 2.19. The molecule has 0 saturated carbocycles. The number of likely N-dealkylation sites (N-methyl/N-ethyl adjacent to an activating group) is 1. The van der Waals surface area contributed by atoms with Crippen LogP contribution < -0.4 is 5.32 Å². The average molecular weight is 289 g/mol. The summed E-state index contributed by atoms with van der Waals surface area (Å²) in [5, 5.41) is 3.08. The molecular formula is C15H16FN3O2. The number of rotatable bonds is 6. The van der Waals surface area contributed by atoms with Gasteiger partial charge < -0.3 is 10.1 Å². The van der Waals surface area contributed by atoms with Crippen molar-refractivity contribution in [2.45, 2.75) is 13.0 Å². The molecular weight excluding hydrogens is 273 g/mol. The van der Waals surface area contributed by atoms with Crippen LogP contribution in [0.1, 0.15) is 17.3 Å². The van der Waals surface area contributed by atoms with Crippen LogP contribution in [0.2, 0.25) is 0 Å². The maximum atomic E-state index is 13.1. The molecule has 1 N–H and O–H groups in total. The van der Waals surface area contributed by atoms with Gasteiger partial charge in [0.15, 0.2) is 0 Å². The second-order valence-corrected chi connectivity index (χ2v) is 4.50. The summed E-state index contributed by atoms with van der Waals surface area (Å²) in [4.78, 5) is 18.9. The number of benzene rings is 1. The third-order valence-corrected chi connectivity index (χ3v) is 3.23. The van der Waals surface area contributed by atoms with Crippen molar-refractivity contribution in [2.24, 2.45) is 0 Å². The smallest absolute Gasteiger partial charge is 0.293 e. The lowest BCUT2D eigenvalue weighted by atomic mass is 9.99. The molecule has 0 amide bonds. The van der Waals surface area contributed by atoms with Crippen LogP contribution in [-0.2, 0) is 9.53 Å². The fourth-order valence-corrected chi connectivity index (χ4v) is 2.19. The minimum Gasteiger partial charge on any atom is -0.466 e. The maximum Gasteiger partial charge on any atom is 0.293 e. The SMILES string of the molecule is CNC(COC=O)c1c(C)ncnc1-c1ccc(F)cc1. The van der Waals surface area contributed by atoms with E-state index >= 15 is 0 Å². The zero-order valence-corrected chi connectivity index (χ0v) is 11.8. The van der Waals surface area contributed by atoms with E-state index in [1.807, 2.05) is 6.92 Å². The van der Waals surface area contributed by atoms with Gasteiger partial charge in [-0.2, -0.15) is 0 Å². The predicted octanol–water partition coefficient (Wildman–Crippen LogP) is 2.02. The number of ether oxygens (including phenoxy) is 1. The van der Waals surface area contributed by atoms with Gasteiger partial charge in [0.2, 0.25) is 0 Å². The molecule has 1 aromatic carbocycles. The lowest BCUT2D eigenvalue weighted by Gasteiger charge is -2.20. The van der Waals surface area contributed by atoms with Crippen LogP contribution in [-0.4, -0.2) is 30.1 Å². The summed E-state index contributed by atoms with van der Waals surface area (Å²) >= 11 is 0. The Morgan fingerprint density at radius 3 is 2.67 bits per heavy atom. The zero-order chi connectivity index (χ0) is 15.2. The van der Waals surface area contributed by atoms with E-state index in [-0.39, 0.29) is 18.5 Å². The fourth-order valence-electron chi connectivity index (χ4n) is 2.19. The van der Waals surface area contributed by atoms with Crippen LogP contribution in [0.4, 0.5) is 4.39 Å². The Morgan fingerprint density at radius 1 is 1.33 bits per heavy atom. The van der Waals surface area contributed by atoms with Crippen molar-refractivity contribution in [3.8, 4) is 11.3 Å². The molecule has 5 nitrogen and oxygen atoms in total. The summed E-state index contributed by atoms with van der Waals surface area (Å²) in [6.07, 6.45) is 1.46. The van der Waals surface area contributed by atoms with Crippen molar-refractivity contribution in [2.75, 3.05) is 13.7 Å². The van der Waals surface area contributed by atoms with Crippen molar-refractivity contribution in [1.82, 2.24) is 15.3 Å². The highest BCUT2D eigenvalue weighted by Crippen LogP contribution is 2.28. The van der Waals surface area contributed by atoms with Gasteiger partial charge in [0.25, 0.3) is 6.47 Å². The Balaban J connectivity index is 2.48. The monoisotopic (exact) mass is 289 g/mol. The molecule has 1 heterocycles. The number of hydrogen-bond acceptors (Lipinski definition) is 5. The molecule has 2 rings (SSSR count). The second kappa shape index (κ2) is 6.90. The van der Waals surface area contributed by atoms with Crippen LogP contribution in [0.3, 0.4) is 0 Å². The van der Waals surface area contributed by atoms with Gasteiger partial charge in [-0.1, -0.05) is 0 Å². The van der Waals surface area contributed by atoms with E-state index < -0.39 is 0 Å². The number of hydrogen-bond donors (Lipinski definition) is 1. The Hall–Kier alpha value is -2.34. The molecule has 0 aliphatic heterocycles. The minimum atomic E-state index is -0.305. The number of carbonyl (C=O) groups excluding carboxylic acids is 1. The number of nitrogens with zero attached hydrogens (tertiary/aromatic N) is 2. The lowest BCUT2D eigenvalue weighted by Crippen LogP contribution is -2.24. The van der Waals surface area contributed by atoms with Crippen molar-refractivity contribution < 1.29 is 13.9 Å². The fraction of sp³-hybridized carbons (Fsp3) is 0.267. The van der Waals surface area contributed by atoms with Crippen LogP contribution in [0, 0.1) is 12.7 Å². The standard InChI is InChI=1S/C15H16FN3O2/c1-10-14(13(17-2)7-21-9-20)15(19-8-18-10)11-3-5-12(16)6-4-11/h3-6,8-9,13,17H,7H2,1-2H3. The number of halogens is 1.